The summed E-state index contributed by atoms with van der Waals surface area (Å²) in [5.41, 5.74) is 3.31. The molecule has 122 valence electrons. The number of amides is 1. The van der Waals surface area contributed by atoms with E-state index in [9.17, 15) is 4.79 Å². The largest absolute Gasteiger partial charge is 0.491 e. The van der Waals surface area contributed by atoms with Gasteiger partial charge in [-0.3, -0.25) is 4.79 Å². The molecular weight excluding hydrogens is 290 g/mol. The first-order valence-corrected chi connectivity index (χ1v) is 7.71. The van der Waals surface area contributed by atoms with Crippen LogP contribution >= 0.6 is 0 Å². The third-order valence-electron chi connectivity index (χ3n) is 3.46. The van der Waals surface area contributed by atoms with Gasteiger partial charge in [-0.25, -0.2) is 0 Å². The Kier molecular flexibility index (Phi) is 6.03. The molecule has 0 saturated heterocycles. The lowest BCUT2D eigenvalue weighted by molar-refractivity contribution is -0.123. The third-order valence-corrected chi connectivity index (χ3v) is 3.46. The molecule has 0 aliphatic heterocycles. The maximum atomic E-state index is 11.8. The first-order valence-electron chi connectivity index (χ1n) is 7.71. The molecule has 0 saturated carbocycles. The Morgan fingerprint density at radius 3 is 2.43 bits per heavy atom. The lowest BCUT2D eigenvalue weighted by Crippen LogP contribution is -2.32. The van der Waals surface area contributed by atoms with E-state index in [0.29, 0.717) is 13.2 Å². The monoisotopic (exact) mass is 313 g/mol. The Bertz CT molecular complexity index is 667. The zero-order valence-corrected chi connectivity index (χ0v) is 13.9. The minimum Gasteiger partial charge on any atom is -0.491 e. The van der Waals surface area contributed by atoms with Gasteiger partial charge in [0, 0.05) is 0 Å². The molecule has 1 N–H and O–H groups in total. The van der Waals surface area contributed by atoms with Gasteiger partial charge in [0.05, 0.1) is 6.54 Å². The SMILES string of the molecule is Cc1ccc(OCCNC(=O)COc2ccccc2C)c(C)c1. The van der Waals surface area contributed by atoms with Gasteiger partial charge in [-0.15, -0.1) is 0 Å². The molecule has 2 aromatic carbocycles. The molecular formula is C19H23NO3. The third kappa shape index (κ3) is 5.33. The molecule has 2 rings (SSSR count). The Morgan fingerprint density at radius 2 is 1.70 bits per heavy atom. The van der Waals surface area contributed by atoms with Crippen LogP contribution in [0.4, 0.5) is 0 Å². The molecule has 4 heteroatoms. The van der Waals surface area contributed by atoms with Crippen LogP contribution in [0.2, 0.25) is 0 Å². The van der Waals surface area contributed by atoms with Crippen molar-refractivity contribution in [3.05, 3.63) is 59.2 Å². The van der Waals surface area contributed by atoms with Gasteiger partial charge in [0.15, 0.2) is 6.61 Å². The van der Waals surface area contributed by atoms with Gasteiger partial charge in [-0.2, -0.15) is 0 Å². The summed E-state index contributed by atoms with van der Waals surface area (Å²) in [7, 11) is 0. The van der Waals surface area contributed by atoms with Gasteiger partial charge in [0.1, 0.15) is 18.1 Å². The second kappa shape index (κ2) is 8.22. The number of hydrogen-bond acceptors (Lipinski definition) is 3. The highest BCUT2D eigenvalue weighted by atomic mass is 16.5. The van der Waals surface area contributed by atoms with E-state index in [1.807, 2.05) is 57.2 Å². The van der Waals surface area contributed by atoms with E-state index in [2.05, 4.69) is 11.4 Å². The smallest absolute Gasteiger partial charge is 0.258 e. The number of rotatable bonds is 7. The summed E-state index contributed by atoms with van der Waals surface area (Å²) in [5, 5.41) is 2.78. The number of carbonyl (C=O) groups is 1. The van der Waals surface area contributed by atoms with Crippen LogP contribution in [0.1, 0.15) is 16.7 Å². The fourth-order valence-corrected chi connectivity index (χ4v) is 2.23. The molecule has 1 amide bonds. The second-order valence-corrected chi connectivity index (χ2v) is 5.52. The van der Waals surface area contributed by atoms with E-state index in [1.165, 1.54) is 5.56 Å². The molecule has 0 aromatic heterocycles. The van der Waals surface area contributed by atoms with Crippen molar-refractivity contribution in [2.75, 3.05) is 19.8 Å². The number of nitrogens with one attached hydrogen (secondary N) is 1. The fourth-order valence-electron chi connectivity index (χ4n) is 2.23. The van der Waals surface area contributed by atoms with E-state index in [0.717, 1.165) is 22.6 Å². The van der Waals surface area contributed by atoms with E-state index in [4.69, 9.17) is 9.47 Å². The molecule has 2 aromatic rings. The number of aryl methyl sites for hydroxylation is 3. The minimum absolute atomic E-state index is 0.00835. The van der Waals surface area contributed by atoms with Gasteiger partial charge in [-0.05, 0) is 44.0 Å². The predicted molar refractivity (Wildman–Crippen MR) is 91.1 cm³/mol. The van der Waals surface area contributed by atoms with E-state index >= 15 is 0 Å². The Morgan fingerprint density at radius 1 is 0.957 bits per heavy atom. The molecule has 0 atom stereocenters. The van der Waals surface area contributed by atoms with Crippen molar-refractivity contribution >= 4 is 5.91 Å². The van der Waals surface area contributed by atoms with Crippen molar-refractivity contribution in [3.8, 4) is 11.5 Å². The topological polar surface area (TPSA) is 47.6 Å². The zero-order chi connectivity index (χ0) is 16.7. The highest BCUT2D eigenvalue weighted by molar-refractivity contribution is 5.77. The van der Waals surface area contributed by atoms with Crippen molar-refractivity contribution in [2.24, 2.45) is 0 Å². The van der Waals surface area contributed by atoms with Crippen molar-refractivity contribution < 1.29 is 14.3 Å². The normalized spacial score (nSPS) is 10.2. The number of carbonyl (C=O) groups excluding carboxylic acids is 1. The summed E-state index contributed by atoms with van der Waals surface area (Å²) in [5.74, 6) is 1.42. The summed E-state index contributed by atoms with van der Waals surface area (Å²) in [4.78, 5) is 11.8. The first kappa shape index (κ1) is 16.9. The van der Waals surface area contributed by atoms with Gasteiger partial charge < -0.3 is 14.8 Å². The number of para-hydroxylation sites is 1. The summed E-state index contributed by atoms with van der Waals surface area (Å²) >= 11 is 0. The highest BCUT2D eigenvalue weighted by Crippen LogP contribution is 2.18. The molecule has 0 aliphatic carbocycles. The van der Waals surface area contributed by atoms with E-state index in [-0.39, 0.29) is 12.5 Å². The van der Waals surface area contributed by atoms with Crippen LogP contribution in [-0.4, -0.2) is 25.7 Å². The summed E-state index contributed by atoms with van der Waals surface area (Å²) in [6.45, 7) is 6.89. The van der Waals surface area contributed by atoms with Crippen LogP contribution in [0.5, 0.6) is 11.5 Å². The lowest BCUT2D eigenvalue weighted by atomic mass is 10.1. The molecule has 0 radical (unpaired) electrons. The van der Waals surface area contributed by atoms with Crippen molar-refractivity contribution in [1.29, 1.82) is 0 Å². The Labute approximate surface area is 137 Å². The molecule has 0 spiro atoms. The molecule has 4 nitrogen and oxygen atoms in total. The van der Waals surface area contributed by atoms with Crippen LogP contribution in [-0.2, 0) is 4.79 Å². The summed E-state index contributed by atoms with van der Waals surface area (Å²) in [6.07, 6.45) is 0. The molecule has 0 bridgehead atoms. The van der Waals surface area contributed by atoms with Gasteiger partial charge >= 0.3 is 0 Å². The summed E-state index contributed by atoms with van der Waals surface area (Å²) < 4.78 is 11.2. The molecule has 0 heterocycles. The quantitative estimate of drug-likeness (QED) is 0.799. The van der Waals surface area contributed by atoms with Crippen molar-refractivity contribution in [3.63, 3.8) is 0 Å². The maximum Gasteiger partial charge on any atom is 0.258 e. The van der Waals surface area contributed by atoms with Crippen molar-refractivity contribution in [1.82, 2.24) is 5.32 Å². The molecule has 0 unspecified atom stereocenters. The Balaban J connectivity index is 1.68. The molecule has 0 aliphatic rings. The van der Waals surface area contributed by atoms with E-state index in [1.54, 1.807) is 0 Å². The van der Waals surface area contributed by atoms with E-state index < -0.39 is 0 Å². The maximum absolute atomic E-state index is 11.8. The highest BCUT2D eigenvalue weighted by Gasteiger charge is 2.04. The molecule has 0 fully saturated rings. The van der Waals surface area contributed by atoms with Crippen LogP contribution in [0.3, 0.4) is 0 Å². The van der Waals surface area contributed by atoms with Crippen LogP contribution in [0.25, 0.3) is 0 Å². The van der Waals surface area contributed by atoms with Gasteiger partial charge in [0.2, 0.25) is 0 Å². The Hall–Kier alpha value is -2.49. The second-order valence-electron chi connectivity index (χ2n) is 5.52. The average Bonchev–Trinajstić information content (AvgIpc) is 2.52. The molecule has 23 heavy (non-hydrogen) atoms. The standard InChI is InChI=1S/C19H23NO3/c1-14-8-9-18(16(3)12-14)22-11-10-20-19(21)13-23-17-7-5-4-6-15(17)2/h4-9,12H,10-11,13H2,1-3H3,(H,20,21). The minimum atomic E-state index is -0.155. The number of ether oxygens (including phenoxy) is 2. The van der Waals surface area contributed by atoms with Crippen LogP contribution < -0.4 is 14.8 Å². The first-order chi connectivity index (χ1) is 11.1. The predicted octanol–water partition coefficient (Wildman–Crippen LogP) is 3.19. The zero-order valence-electron chi connectivity index (χ0n) is 13.9. The fraction of sp³-hybridized carbons (Fsp3) is 0.316. The van der Waals surface area contributed by atoms with Gasteiger partial charge in [0.25, 0.3) is 5.91 Å². The number of benzene rings is 2. The van der Waals surface area contributed by atoms with Crippen molar-refractivity contribution in [2.45, 2.75) is 20.8 Å². The summed E-state index contributed by atoms with van der Waals surface area (Å²) in [6, 6.07) is 13.7. The van der Waals surface area contributed by atoms with Gasteiger partial charge in [-0.1, -0.05) is 35.9 Å². The lowest BCUT2D eigenvalue weighted by Gasteiger charge is -2.11. The van der Waals surface area contributed by atoms with Crippen LogP contribution in [0.15, 0.2) is 42.5 Å². The van der Waals surface area contributed by atoms with Crippen LogP contribution in [0, 0.1) is 20.8 Å². The number of hydrogen-bond donors (Lipinski definition) is 1. The average molecular weight is 313 g/mol.